The van der Waals surface area contributed by atoms with E-state index in [1.165, 1.54) is 19.9 Å². The highest BCUT2D eigenvalue weighted by molar-refractivity contribution is 6.04. The Balaban J connectivity index is 5.44. The van der Waals surface area contributed by atoms with Crippen molar-refractivity contribution in [3.05, 3.63) is 22.3 Å². The Morgan fingerprint density at radius 3 is 2.09 bits per heavy atom. The van der Waals surface area contributed by atoms with Crippen LogP contribution in [0.2, 0.25) is 0 Å². The second-order valence-corrected chi connectivity index (χ2v) is 4.86. The fraction of sp³-hybridized carbons (Fsp3) is 0.733. The van der Waals surface area contributed by atoms with Crippen LogP contribution < -0.4 is 0 Å². The van der Waals surface area contributed by atoms with Gasteiger partial charge in [-0.25, -0.2) is 9.59 Å². The van der Waals surface area contributed by atoms with Crippen LogP contribution in [0.1, 0.15) is 46.5 Å². The average Bonchev–Trinajstić information content (AvgIpc) is 2.50. The van der Waals surface area contributed by atoms with Crippen LogP contribution in [0.25, 0.3) is 0 Å². The first-order valence-electron chi connectivity index (χ1n) is 7.73. The molecule has 0 saturated carbocycles. The maximum Gasteiger partial charge on any atom is 0.358 e. The molecular formula is C15H25NO7. The highest BCUT2D eigenvalue weighted by Gasteiger charge is 2.60. The van der Waals surface area contributed by atoms with Crippen molar-refractivity contribution in [2.24, 2.45) is 0 Å². The van der Waals surface area contributed by atoms with E-state index in [4.69, 9.17) is 0 Å². The number of hydrogen-bond donors (Lipinski definition) is 1. The van der Waals surface area contributed by atoms with Crippen molar-refractivity contribution in [2.75, 3.05) is 13.2 Å². The van der Waals surface area contributed by atoms with Crippen LogP contribution in [-0.2, 0) is 19.1 Å². The number of unbranched alkanes of at least 4 members (excludes halogenated alkanes) is 3. The van der Waals surface area contributed by atoms with E-state index >= 15 is 0 Å². The molecule has 132 valence electrons. The molecule has 23 heavy (non-hydrogen) atoms. The van der Waals surface area contributed by atoms with Gasteiger partial charge >= 0.3 is 17.5 Å². The van der Waals surface area contributed by atoms with Crippen molar-refractivity contribution in [1.29, 1.82) is 0 Å². The summed E-state index contributed by atoms with van der Waals surface area (Å²) in [5.74, 6) is -2.78. The molecule has 0 aromatic carbocycles. The van der Waals surface area contributed by atoms with Gasteiger partial charge in [0.25, 0.3) is 6.04 Å². The number of nitrogens with zero attached hydrogens (tertiary/aromatic N) is 1. The smallest absolute Gasteiger partial charge is 0.358 e. The van der Waals surface area contributed by atoms with Crippen molar-refractivity contribution in [3.8, 4) is 0 Å². The fourth-order valence-electron chi connectivity index (χ4n) is 1.91. The van der Waals surface area contributed by atoms with Crippen LogP contribution in [0.15, 0.2) is 12.2 Å². The number of carbonyl (C=O) groups excluding carboxylic acids is 2. The highest BCUT2D eigenvalue weighted by Crippen LogP contribution is 2.20. The summed E-state index contributed by atoms with van der Waals surface area (Å²) in [7, 11) is 0. The van der Waals surface area contributed by atoms with E-state index in [0.29, 0.717) is 6.42 Å². The number of esters is 2. The average molecular weight is 331 g/mol. The minimum atomic E-state index is -3.00. The second-order valence-electron chi connectivity index (χ2n) is 4.86. The number of nitro groups is 1. The van der Waals surface area contributed by atoms with E-state index in [1.54, 1.807) is 0 Å². The number of hydrogen-bond acceptors (Lipinski definition) is 7. The molecule has 0 radical (unpaired) electrons. The summed E-state index contributed by atoms with van der Waals surface area (Å²) >= 11 is 0. The van der Waals surface area contributed by atoms with Gasteiger partial charge in [-0.15, -0.1) is 0 Å². The molecule has 0 aliphatic carbocycles. The molecular weight excluding hydrogens is 306 g/mol. The monoisotopic (exact) mass is 331 g/mol. The van der Waals surface area contributed by atoms with Crippen LogP contribution in [0.4, 0.5) is 0 Å². The van der Waals surface area contributed by atoms with E-state index in [1.807, 2.05) is 6.92 Å². The van der Waals surface area contributed by atoms with Gasteiger partial charge in [0.15, 0.2) is 0 Å². The predicted octanol–water partition coefficient (Wildman–Crippen LogP) is 1.63. The summed E-state index contributed by atoms with van der Waals surface area (Å²) in [6, 6.07) is -1.97. The van der Waals surface area contributed by atoms with E-state index in [9.17, 15) is 24.8 Å². The third kappa shape index (κ3) is 5.97. The summed E-state index contributed by atoms with van der Waals surface area (Å²) in [5.41, 5.74) is -3.00. The van der Waals surface area contributed by atoms with Crippen LogP contribution >= 0.6 is 0 Å². The lowest BCUT2D eigenvalue weighted by Gasteiger charge is -2.24. The number of aliphatic hydroxyl groups is 1. The summed E-state index contributed by atoms with van der Waals surface area (Å²) < 4.78 is 9.24. The molecule has 0 aliphatic rings. The van der Waals surface area contributed by atoms with Gasteiger partial charge in [0, 0.05) is 4.92 Å². The van der Waals surface area contributed by atoms with Gasteiger partial charge < -0.3 is 14.6 Å². The zero-order chi connectivity index (χ0) is 17.9. The third-order valence-electron chi connectivity index (χ3n) is 3.12. The molecule has 8 heteroatoms. The standard InChI is InChI=1S/C15H25NO7/c1-4-7-8-9-10-11-12(16(20)21)15(19,13(17)22-5-2)14(18)23-6-3/h10-12,19H,4-9H2,1-3H3/b11-10+. The molecule has 1 unspecified atom stereocenters. The molecule has 0 amide bonds. The summed E-state index contributed by atoms with van der Waals surface area (Å²) in [5, 5.41) is 21.7. The summed E-state index contributed by atoms with van der Waals surface area (Å²) in [6.45, 7) is 4.68. The Hall–Kier alpha value is -1.96. The normalized spacial score (nSPS) is 12.9. The molecule has 1 N–H and O–H groups in total. The molecule has 0 aromatic rings. The Labute approximate surface area is 135 Å². The number of allylic oxidation sites excluding steroid dienone is 1. The molecule has 0 rings (SSSR count). The molecule has 0 heterocycles. The minimum absolute atomic E-state index is 0.134. The molecule has 1 atom stereocenters. The topological polar surface area (TPSA) is 116 Å². The van der Waals surface area contributed by atoms with Crippen molar-refractivity contribution in [1.82, 2.24) is 0 Å². The highest BCUT2D eigenvalue weighted by atomic mass is 16.6. The molecule has 0 bridgehead atoms. The van der Waals surface area contributed by atoms with Crippen LogP contribution in [0.3, 0.4) is 0 Å². The third-order valence-corrected chi connectivity index (χ3v) is 3.12. The van der Waals surface area contributed by atoms with Crippen molar-refractivity contribution < 1.29 is 29.1 Å². The second kappa shape index (κ2) is 10.7. The van der Waals surface area contributed by atoms with Crippen LogP contribution in [-0.4, -0.2) is 46.8 Å². The van der Waals surface area contributed by atoms with Gasteiger partial charge in [0.1, 0.15) is 0 Å². The van der Waals surface area contributed by atoms with E-state index in [0.717, 1.165) is 25.3 Å². The lowest BCUT2D eigenvalue weighted by atomic mass is 9.93. The SMILES string of the molecule is CCCCC/C=C/C([N+](=O)[O-])C(O)(C(=O)OCC)C(=O)OCC. The number of rotatable bonds is 11. The minimum Gasteiger partial charge on any atom is -0.463 e. The summed E-state index contributed by atoms with van der Waals surface area (Å²) in [4.78, 5) is 34.3. The van der Waals surface area contributed by atoms with Crippen LogP contribution in [0, 0.1) is 10.1 Å². The first-order valence-corrected chi connectivity index (χ1v) is 7.73. The Morgan fingerprint density at radius 1 is 1.17 bits per heavy atom. The molecule has 0 aromatic heterocycles. The van der Waals surface area contributed by atoms with E-state index in [-0.39, 0.29) is 13.2 Å². The maximum absolute atomic E-state index is 12.0. The zero-order valence-electron chi connectivity index (χ0n) is 13.8. The first-order chi connectivity index (χ1) is 10.9. The molecule has 0 saturated heterocycles. The lowest BCUT2D eigenvalue weighted by Crippen LogP contribution is -2.59. The maximum atomic E-state index is 12.0. The Bertz CT molecular complexity index is 416. The zero-order valence-corrected chi connectivity index (χ0v) is 13.8. The van der Waals surface area contributed by atoms with E-state index < -0.39 is 28.5 Å². The first kappa shape index (κ1) is 21.0. The van der Waals surface area contributed by atoms with Gasteiger partial charge in [-0.2, -0.15) is 0 Å². The summed E-state index contributed by atoms with van der Waals surface area (Å²) in [6.07, 6.45) is 5.82. The Morgan fingerprint density at radius 2 is 1.70 bits per heavy atom. The van der Waals surface area contributed by atoms with Gasteiger partial charge in [-0.05, 0) is 32.8 Å². The largest absolute Gasteiger partial charge is 0.463 e. The van der Waals surface area contributed by atoms with Gasteiger partial charge in [-0.1, -0.05) is 25.8 Å². The number of carbonyl (C=O) groups is 2. The molecule has 8 nitrogen and oxygen atoms in total. The van der Waals surface area contributed by atoms with Crippen molar-refractivity contribution in [3.63, 3.8) is 0 Å². The van der Waals surface area contributed by atoms with Crippen LogP contribution in [0.5, 0.6) is 0 Å². The molecule has 0 fully saturated rings. The van der Waals surface area contributed by atoms with Gasteiger partial charge in [-0.3, -0.25) is 10.1 Å². The molecule has 0 spiro atoms. The Kier molecular flexibility index (Phi) is 9.80. The quantitative estimate of drug-likeness (QED) is 0.153. The van der Waals surface area contributed by atoms with Crippen molar-refractivity contribution in [2.45, 2.75) is 58.1 Å². The van der Waals surface area contributed by atoms with Crippen molar-refractivity contribution >= 4 is 11.9 Å². The van der Waals surface area contributed by atoms with Gasteiger partial charge in [0.2, 0.25) is 0 Å². The molecule has 0 aliphatic heterocycles. The van der Waals surface area contributed by atoms with E-state index in [2.05, 4.69) is 9.47 Å². The lowest BCUT2D eigenvalue weighted by molar-refractivity contribution is -0.525. The predicted molar refractivity (Wildman–Crippen MR) is 82.3 cm³/mol. The fourth-order valence-corrected chi connectivity index (χ4v) is 1.91. The number of ether oxygens (including phenoxy) is 2. The van der Waals surface area contributed by atoms with Gasteiger partial charge in [0.05, 0.1) is 13.2 Å².